The van der Waals surface area contributed by atoms with Crippen LogP contribution >= 0.6 is 0 Å². The quantitative estimate of drug-likeness (QED) is 0.769. The number of amides is 1. The lowest BCUT2D eigenvalue weighted by molar-refractivity contribution is 0.0131. The van der Waals surface area contributed by atoms with E-state index < -0.39 is 5.60 Å². The van der Waals surface area contributed by atoms with Crippen molar-refractivity contribution in [3.63, 3.8) is 0 Å². The first-order valence-electron chi connectivity index (χ1n) is 10.4. The molecule has 1 aliphatic heterocycles. The van der Waals surface area contributed by atoms with Gasteiger partial charge < -0.3 is 15.4 Å². The molecule has 2 rings (SSSR count). The highest BCUT2D eigenvalue weighted by molar-refractivity contribution is 5.69. The lowest BCUT2D eigenvalue weighted by atomic mass is 9.90. The second-order valence-electron chi connectivity index (χ2n) is 10.9. The van der Waals surface area contributed by atoms with Crippen LogP contribution in [0.15, 0.2) is 18.2 Å². The maximum Gasteiger partial charge on any atom is 0.410 e. The van der Waals surface area contributed by atoms with Crippen molar-refractivity contribution in [2.75, 3.05) is 6.54 Å². The average Bonchev–Trinajstić information content (AvgIpc) is 2.85. The number of rotatable bonds is 4. The van der Waals surface area contributed by atoms with Gasteiger partial charge in [-0.05, 0) is 71.9 Å². The number of carbonyl (C=O) groups excluding carboxylic acids is 1. The average molecular weight is 390 g/mol. The molecule has 5 nitrogen and oxygen atoms in total. The van der Waals surface area contributed by atoms with Crippen molar-refractivity contribution in [2.45, 2.75) is 97.2 Å². The molecule has 0 radical (unpaired) electrons. The van der Waals surface area contributed by atoms with E-state index in [9.17, 15) is 4.79 Å². The number of nitrogens with zero attached hydrogens (tertiary/aromatic N) is 2. The second kappa shape index (κ2) is 8.02. The van der Waals surface area contributed by atoms with Crippen LogP contribution in [0.5, 0.6) is 0 Å². The maximum atomic E-state index is 12.6. The van der Waals surface area contributed by atoms with Crippen LogP contribution in [-0.4, -0.2) is 33.7 Å². The van der Waals surface area contributed by atoms with E-state index in [0.717, 1.165) is 37.2 Å². The Bertz CT molecular complexity index is 686. The molecule has 1 aliphatic rings. The smallest absolute Gasteiger partial charge is 0.410 e. The van der Waals surface area contributed by atoms with Crippen LogP contribution in [0.25, 0.3) is 0 Å². The predicted molar refractivity (Wildman–Crippen MR) is 114 cm³/mol. The molecule has 0 saturated carbocycles. The molecule has 0 spiro atoms. The maximum absolute atomic E-state index is 12.6. The summed E-state index contributed by atoms with van der Waals surface area (Å²) in [7, 11) is 0. The highest BCUT2D eigenvalue weighted by Gasteiger charge is 2.42. The summed E-state index contributed by atoms with van der Waals surface area (Å²) in [6.07, 6.45) is 2.59. The number of hydrogen-bond donors (Lipinski definition) is 1. The second-order valence-corrected chi connectivity index (χ2v) is 10.9. The minimum Gasteiger partial charge on any atom is -0.444 e. The van der Waals surface area contributed by atoms with Crippen molar-refractivity contribution in [3.8, 4) is 0 Å². The molecule has 2 heterocycles. The highest BCUT2D eigenvalue weighted by atomic mass is 16.6. The third kappa shape index (κ3) is 5.94. The van der Waals surface area contributed by atoms with Gasteiger partial charge in [-0.1, -0.05) is 26.8 Å². The van der Waals surface area contributed by atoms with Crippen molar-refractivity contribution >= 4 is 6.09 Å². The molecule has 1 aromatic heterocycles. The van der Waals surface area contributed by atoms with Gasteiger partial charge in [0.05, 0.1) is 5.69 Å². The van der Waals surface area contributed by atoms with Crippen LogP contribution < -0.4 is 5.73 Å². The molecule has 28 heavy (non-hydrogen) atoms. The van der Waals surface area contributed by atoms with Crippen LogP contribution in [0.4, 0.5) is 4.79 Å². The molecular weight excluding hydrogens is 350 g/mol. The summed E-state index contributed by atoms with van der Waals surface area (Å²) in [5.74, 6) is 0.430. The fourth-order valence-electron chi connectivity index (χ4n) is 3.86. The van der Waals surface area contributed by atoms with Crippen molar-refractivity contribution in [1.29, 1.82) is 0 Å². The number of aromatic nitrogens is 1. The standard InChI is InChI=1S/C23H39N3O2/c1-21(2,3)19-11-9-10-18(25-19)17(24)13-12-16-14-23(7,8)26(15-16)20(27)28-22(4,5)6/h9-11,16-17H,12-15,24H2,1-8H3/t16-,17?/m0/s1. The van der Waals surface area contributed by atoms with Gasteiger partial charge in [0.1, 0.15) is 5.60 Å². The first-order valence-corrected chi connectivity index (χ1v) is 10.4. The van der Waals surface area contributed by atoms with Crippen LogP contribution in [-0.2, 0) is 10.2 Å². The van der Waals surface area contributed by atoms with E-state index in [4.69, 9.17) is 15.5 Å². The summed E-state index contributed by atoms with van der Waals surface area (Å²) in [4.78, 5) is 19.3. The zero-order valence-electron chi connectivity index (χ0n) is 19.0. The van der Waals surface area contributed by atoms with E-state index in [-0.39, 0.29) is 23.1 Å². The summed E-state index contributed by atoms with van der Waals surface area (Å²) in [6.45, 7) is 17.2. The lowest BCUT2D eigenvalue weighted by Crippen LogP contribution is -2.45. The Hall–Kier alpha value is -1.62. The number of nitrogens with two attached hydrogens (primary N) is 1. The van der Waals surface area contributed by atoms with Gasteiger partial charge >= 0.3 is 6.09 Å². The minimum absolute atomic E-state index is 0.0130. The van der Waals surface area contributed by atoms with Crippen LogP contribution in [0.3, 0.4) is 0 Å². The monoisotopic (exact) mass is 389 g/mol. The Morgan fingerprint density at radius 3 is 2.50 bits per heavy atom. The van der Waals surface area contributed by atoms with Crippen LogP contribution in [0.2, 0.25) is 0 Å². The Kier molecular flexibility index (Phi) is 6.49. The molecule has 0 bridgehead atoms. The number of pyridine rings is 1. The van der Waals surface area contributed by atoms with Crippen molar-refractivity contribution in [3.05, 3.63) is 29.6 Å². The summed E-state index contributed by atoms with van der Waals surface area (Å²) in [5.41, 5.74) is 7.83. The summed E-state index contributed by atoms with van der Waals surface area (Å²) in [6, 6.07) is 6.05. The molecule has 1 aromatic rings. The van der Waals surface area contributed by atoms with E-state index in [2.05, 4.69) is 40.7 Å². The number of hydrogen-bond acceptors (Lipinski definition) is 4. The van der Waals surface area contributed by atoms with Gasteiger partial charge in [-0.25, -0.2) is 4.79 Å². The summed E-state index contributed by atoms with van der Waals surface area (Å²) < 4.78 is 5.60. The molecule has 1 unspecified atom stereocenters. The molecular formula is C23H39N3O2. The molecule has 0 aliphatic carbocycles. The Labute approximate surface area is 171 Å². The van der Waals surface area contributed by atoms with E-state index >= 15 is 0 Å². The van der Waals surface area contributed by atoms with Gasteiger partial charge in [-0.2, -0.15) is 0 Å². The van der Waals surface area contributed by atoms with Gasteiger partial charge in [0.25, 0.3) is 0 Å². The molecule has 2 N–H and O–H groups in total. The fourth-order valence-corrected chi connectivity index (χ4v) is 3.86. The molecule has 158 valence electrons. The Morgan fingerprint density at radius 1 is 1.29 bits per heavy atom. The van der Waals surface area contributed by atoms with Gasteiger partial charge in [0.2, 0.25) is 0 Å². The zero-order chi connectivity index (χ0) is 21.3. The molecule has 0 aromatic carbocycles. The third-order valence-corrected chi connectivity index (χ3v) is 5.38. The van der Waals surface area contributed by atoms with Crippen molar-refractivity contribution in [2.24, 2.45) is 11.7 Å². The van der Waals surface area contributed by atoms with Crippen molar-refractivity contribution < 1.29 is 9.53 Å². The van der Waals surface area contributed by atoms with E-state index in [1.54, 1.807) is 0 Å². The molecule has 5 heteroatoms. The van der Waals surface area contributed by atoms with Gasteiger partial charge in [0.15, 0.2) is 0 Å². The lowest BCUT2D eigenvalue weighted by Gasteiger charge is -2.33. The number of carbonyl (C=O) groups is 1. The van der Waals surface area contributed by atoms with Gasteiger partial charge in [-0.15, -0.1) is 0 Å². The predicted octanol–water partition coefficient (Wildman–Crippen LogP) is 5.19. The largest absolute Gasteiger partial charge is 0.444 e. The Balaban J connectivity index is 1.97. The van der Waals surface area contributed by atoms with Gasteiger partial charge in [-0.3, -0.25) is 4.98 Å². The highest BCUT2D eigenvalue weighted by Crippen LogP contribution is 2.37. The van der Waals surface area contributed by atoms with E-state index in [1.807, 2.05) is 37.8 Å². The fraction of sp³-hybridized carbons (Fsp3) is 0.739. The first-order chi connectivity index (χ1) is 12.7. The summed E-state index contributed by atoms with van der Waals surface area (Å²) >= 11 is 0. The normalized spacial score (nSPS) is 20.9. The first kappa shape index (κ1) is 22.7. The van der Waals surface area contributed by atoms with Crippen LogP contribution in [0.1, 0.15) is 92.1 Å². The SMILES string of the molecule is CC(C)(C)OC(=O)N1C[C@@H](CCC(N)c2cccc(C(C)(C)C)n2)CC1(C)C. The minimum atomic E-state index is -0.475. The van der Waals surface area contributed by atoms with E-state index in [0.29, 0.717) is 5.92 Å². The topological polar surface area (TPSA) is 68.5 Å². The Morgan fingerprint density at radius 2 is 1.93 bits per heavy atom. The van der Waals surface area contributed by atoms with Crippen LogP contribution in [0, 0.1) is 5.92 Å². The zero-order valence-corrected chi connectivity index (χ0v) is 19.0. The number of likely N-dealkylation sites (tertiary alicyclic amines) is 1. The molecule has 1 amide bonds. The molecule has 1 saturated heterocycles. The third-order valence-electron chi connectivity index (χ3n) is 5.38. The molecule has 2 atom stereocenters. The number of ether oxygens (including phenoxy) is 1. The van der Waals surface area contributed by atoms with E-state index in [1.165, 1.54) is 0 Å². The van der Waals surface area contributed by atoms with Gasteiger partial charge in [0, 0.05) is 29.2 Å². The summed E-state index contributed by atoms with van der Waals surface area (Å²) in [5, 5.41) is 0. The molecule has 1 fully saturated rings. The van der Waals surface area contributed by atoms with Crippen molar-refractivity contribution in [1.82, 2.24) is 9.88 Å².